The van der Waals surface area contributed by atoms with Crippen molar-refractivity contribution in [1.29, 1.82) is 0 Å². The van der Waals surface area contributed by atoms with E-state index in [1.54, 1.807) is 24.3 Å². The molecule has 0 aliphatic carbocycles. The van der Waals surface area contributed by atoms with Gasteiger partial charge in [-0.05, 0) is 17.7 Å². The predicted molar refractivity (Wildman–Crippen MR) is 73.4 cm³/mol. The Morgan fingerprint density at radius 2 is 1.90 bits per heavy atom. The van der Waals surface area contributed by atoms with E-state index in [2.05, 4.69) is 11.8 Å². The minimum Gasteiger partial charge on any atom is -0.395 e. The van der Waals surface area contributed by atoms with Crippen molar-refractivity contribution < 1.29 is 23.4 Å². The molecule has 2 N–H and O–H groups in total. The normalized spacial score (nSPS) is 11.3. The lowest BCUT2D eigenvalue weighted by molar-refractivity contribution is -0.147. The fraction of sp³-hybridized carbons (Fsp3) is 0.467. The highest BCUT2D eigenvalue weighted by atomic mass is 19.4. The van der Waals surface area contributed by atoms with Gasteiger partial charge in [-0.3, -0.25) is 4.90 Å². The van der Waals surface area contributed by atoms with Crippen LogP contribution in [0.5, 0.6) is 0 Å². The van der Waals surface area contributed by atoms with E-state index in [0.29, 0.717) is 17.5 Å². The van der Waals surface area contributed by atoms with Gasteiger partial charge in [0.05, 0.1) is 19.8 Å². The molecule has 1 aromatic rings. The van der Waals surface area contributed by atoms with Crippen molar-refractivity contribution in [3.05, 3.63) is 35.4 Å². The standard InChI is InChI=1S/C15H18F3NO2/c16-15(17,18)12-19(7-9-21)11-14-6-3-5-13(10-14)4-1-2-8-20/h3,5-6,10,20-21H,2,7-9,11-12H2. The van der Waals surface area contributed by atoms with Crippen LogP contribution in [-0.4, -0.2) is 47.6 Å². The van der Waals surface area contributed by atoms with Gasteiger partial charge in [0.25, 0.3) is 0 Å². The summed E-state index contributed by atoms with van der Waals surface area (Å²) in [7, 11) is 0. The Kier molecular flexibility index (Phi) is 7.23. The molecular weight excluding hydrogens is 283 g/mol. The van der Waals surface area contributed by atoms with Crippen LogP contribution in [0.3, 0.4) is 0 Å². The topological polar surface area (TPSA) is 43.7 Å². The molecule has 116 valence electrons. The van der Waals surface area contributed by atoms with Crippen LogP contribution in [-0.2, 0) is 6.54 Å². The SMILES string of the molecule is OCCC#Cc1cccc(CN(CCO)CC(F)(F)F)c1. The molecule has 1 aromatic carbocycles. The molecule has 1 rings (SSSR count). The average Bonchev–Trinajstić information content (AvgIpc) is 2.38. The van der Waals surface area contributed by atoms with Gasteiger partial charge in [0, 0.05) is 25.1 Å². The fourth-order valence-corrected chi connectivity index (χ4v) is 1.84. The van der Waals surface area contributed by atoms with Gasteiger partial charge in [-0.2, -0.15) is 13.2 Å². The van der Waals surface area contributed by atoms with Crippen LogP contribution >= 0.6 is 0 Å². The van der Waals surface area contributed by atoms with Crippen LogP contribution in [0.1, 0.15) is 17.5 Å². The molecule has 0 aliphatic heterocycles. The van der Waals surface area contributed by atoms with Crippen molar-refractivity contribution in [2.45, 2.75) is 19.1 Å². The highest BCUT2D eigenvalue weighted by molar-refractivity contribution is 5.37. The molecule has 0 spiro atoms. The first kappa shape index (κ1) is 17.5. The maximum atomic E-state index is 12.4. The number of aliphatic hydroxyl groups is 2. The van der Waals surface area contributed by atoms with E-state index >= 15 is 0 Å². The molecular formula is C15H18F3NO2. The molecule has 3 nitrogen and oxygen atoms in total. The van der Waals surface area contributed by atoms with Gasteiger partial charge in [0.15, 0.2) is 0 Å². The molecule has 0 aliphatic rings. The van der Waals surface area contributed by atoms with E-state index in [-0.39, 0.29) is 26.3 Å². The lowest BCUT2D eigenvalue weighted by Crippen LogP contribution is -2.35. The summed E-state index contributed by atoms with van der Waals surface area (Å²) in [5, 5.41) is 17.5. The Bertz CT molecular complexity index is 492. The molecule has 0 saturated heterocycles. The van der Waals surface area contributed by atoms with Crippen LogP contribution in [0, 0.1) is 11.8 Å². The van der Waals surface area contributed by atoms with Crippen molar-refractivity contribution in [2.75, 3.05) is 26.3 Å². The monoisotopic (exact) mass is 301 g/mol. The van der Waals surface area contributed by atoms with Gasteiger partial charge in [-0.15, -0.1) is 0 Å². The Balaban J connectivity index is 2.75. The quantitative estimate of drug-likeness (QED) is 0.787. The molecule has 0 atom stereocenters. The summed E-state index contributed by atoms with van der Waals surface area (Å²) < 4.78 is 37.3. The lowest BCUT2D eigenvalue weighted by atomic mass is 10.1. The maximum absolute atomic E-state index is 12.4. The largest absolute Gasteiger partial charge is 0.401 e. The number of halogens is 3. The highest BCUT2D eigenvalue weighted by Crippen LogP contribution is 2.18. The van der Waals surface area contributed by atoms with Crippen LogP contribution < -0.4 is 0 Å². The summed E-state index contributed by atoms with van der Waals surface area (Å²) in [6.07, 6.45) is -3.94. The summed E-state index contributed by atoms with van der Waals surface area (Å²) in [4.78, 5) is 1.14. The number of rotatable bonds is 6. The van der Waals surface area contributed by atoms with Gasteiger partial charge >= 0.3 is 6.18 Å². The van der Waals surface area contributed by atoms with E-state index in [9.17, 15) is 13.2 Å². The van der Waals surface area contributed by atoms with Crippen LogP contribution in [0.15, 0.2) is 24.3 Å². The number of hydrogen-bond donors (Lipinski definition) is 2. The molecule has 0 heterocycles. The summed E-state index contributed by atoms with van der Waals surface area (Å²) in [5.41, 5.74) is 1.39. The molecule has 21 heavy (non-hydrogen) atoms. The average molecular weight is 301 g/mol. The molecule has 0 unspecified atom stereocenters. The predicted octanol–water partition coefficient (Wildman–Crippen LogP) is 1.78. The first-order chi connectivity index (χ1) is 9.94. The third-order valence-corrected chi connectivity index (χ3v) is 2.62. The molecule has 0 aromatic heterocycles. The lowest BCUT2D eigenvalue weighted by Gasteiger charge is -2.22. The highest BCUT2D eigenvalue weighted by Gasteiger charge is 2.30. The molecule has 6 heteroatoms. The first-order valence-electron chi connectivity index (χ1n) is 6.53. The Hall–Kier alpha value is -1.55. The van der Waals surface area contributed by atoms with Crippen molar-refractivity contribution in [1.82, 2.24) is 4.90 Å². The van der Waals surface area contributed by atoms with Crippen molar-refractivity contribution >= 4 is 0 Å². The fourth-order valence-electron chi connectivity index (χ4n) is 1.84. The van der Waals surface area contributed by atoms with E-state index in [4.69, 9.17) is 10.2 Å². The number of alkyl halides is 3. The van der Waals surface area contributed by atoms with E-state index in [1.807, 2.05) is 0 Å². The smallest absolute Gasteiger partial charge is 0.395 e. The van der Waals surface area contributed by atoms with Gasteiger partial charge < -0.3 is 10.2 Å². The van der Waals surface area contributed by atoms with Gasteiger partial charge in [0.2, 0.25) is 0 Å². The van der Waals surface area contributed by atoms with E-state index in [0.717, 1.165) is 4.90 Å². The summed E-state index contributed by atoms with van der Waals surface area (Å²) in [5.74, 6) is 5.60. The Labute approximate surface area is 122 Å². The number of aliphatic hydroxyl groups excluding tert-OH is 2. The Morgan fingerprint density at radius 3 is 2.52 bits per heavy atom. The third-order valence-electron chi connectivity index (χ3n) is 2.62. The Morgan fingerprint density at radius 1 is 1.14 bits per heavy atom. The zero-order valence-electron chi connectivity index (χ0n) is 11.5. The second-order valence-corrected chi connectivity index (χ2v) is 4.53. The van der Waals surface area contributed by atoms with Crippen LogP contribution in [0.25, 0.3) is 0 Å². The second kappa shape index (κ2) is 8.67. The number of benzene rings is 1. The molecule has 0 radical (unpaired) electrons. The zero-order valence-corrected chi connectivity index (χ0v) is 11.5. The summed E-state index contributed by atoms with van der Waals surface area (Å²) in [6.45, 7) is -1.36. The number of nitrogens with zero attached hydrogens (tertiary/aromatic N) is 1. The van der Waals surface area contributed by atoms with Gasteiger partial charge in [-0.25, -0.2) is 0 Å². The zero-order chi connectivity index (χ0) is 15.7. The van der Waals surface area contributed by atoms with Crippen LogP contribution in [0.4, 0.5) is 13.2 Å². The summed E-state index contributed by atoms with van der Waals surface area (Å²) in [6, 6.07) is 6.92. The second-order valence-electron chi connectivity index (χ2n) is 4.53. The molecule has 0 saturated carbocycles. The maximum Gasteiger partial charge on any atom is 0.401 e. The number of hydrogen-bond acceptors (Lipinski definition) is 3. The third kappa shape index (κ3) is 7.71. The molecule has 0 fully saturated rings. The molecule has 0 amide bonds. The minimum atomic E-state index is -4.30. The molecule has 0 bridgehead atoms. The van der Waals surface area contributed by atoms with Gasteiger partial charge in [-0.1, -0.05) is 24.0 Å². The van der Waals surface area contributed by atoms with Gasteiger partial charge in [0.1, 0.15) is 0 Å². The first-order valence-corrected chi connectivity index (χ1v) is 6.53. The summed E-state index contributed by atoms with van der Waals surface area (Å²) >= 11 is 0. The van der Waals surface area contributed by atoms with E-state index < -0.39 is 12.7 Å². The van der Waals surface area contributed by atoms with E-state index in [1.165, 1.54) is 0 Å². The van der Waals surface area contributed by atoms with Crippen molar-refractivity contribution in [2.24, 2.45) is 0 Å². The van der Waals surface area contributed by atoms with Crippen molar-refractivity contribution in [3.63, 3.8) is 0 Å². The minimum absolute atomic E-state index is 0.0252. The van der Waals surface area contributed by atoms with Crippen LogP contribution in [0.2, 0.25) is 0 Å². The van der Waals surface area contributed by atoms with Crippen molar-refractivity contribution in [3.8, 4) is 11.8 Å².